The first-order valence-corrected chi connectivity index (χ1v) is 2.41. The summed E-state index contributed by atoms with van der Waals surface area (Å²) in [4.78, 5) is 0. The minimum absolute atomic E-state index is 0.972. The zero-order valence-electron chi connectivity index (χ0n) is 4.44. The average Bonchev–Trinajstić information content (AvgIpc) is 1.87. The molecule has 34 valence electrons. The van der Waals surface area contributed by atoms with Crippen LogP contribution < -0.4 is 0 Å². The van der Waals surface area contributed by atoms with E-state index in [1.807, 2.05) is 6.08 Å². The summed E-state index contributed by atoms with van der Waals surface area (Å²) in [6.45, 7) is 2.08. The van der Waals surface area contributed by atoms with Gasteiger partial charge in [0, 0.05) is 0 Å². The van der Waals surface area contributed by atoms with Crippen LogP contribution >= 0.6 is 0 Å². The predicted molar refractivity (Wildman–Crippen MR) is 32.2 cm³/mol. The van der Waals surface area contributed by atoms with Gasteiger partial charge in [-0.25, -0.2) is 0 Å². The Kier molecular flexibility index (Phi) is 1.05. The quantitative estimate of drug-likeness (QED) is 0.394. The molecule has 0 unspecified atom stereocenters. The molecule has 1 heteroatoms. The van der Waals surface area contributed by atoms with E-state index in [9.17, 15) is 0 Å². The maximum absolute atomic E-state index is 5.43. The van der Waals surface area contributed by atoms with Crippen molar-refractivity contribution in [2.24, 2.45) is 0 Å². The van der Waals surface area contributed by atoms with Crippen LogP contribution in [0.4, 0.5) is 0 Å². The van der Waals surface area contributed by atoms with Crippen molar-refractivity contribution in [1.29, 1.82) is 0 Å². The number of allylic oxidation sites excluding steroid dienone is 4. The average molecular weight is 89.9 g/mol. The first-order valence-electron chi connectivity index (χ1n) is 2.41. The van der Waals surface area contributed by atoms with Gasteiger partial charge < -0.3 is 0 Å². The van der Waals surface area contributed by atoms with Gasteiger partial charge in [-0.3, -0.25) is 0 Å². The van der Waals surface area contributed by atoms with Crippen molar-refractivity contribution < 1.29 is 0 Å². The van der Waals surface area contributed by atoms with E-state index in [0.717, 1.165) is 11.9 Å². The van der Waals surface area contributed by atoms with Gasteiger partial charge in [0.1, 0.15) is 7.85 Å². The van der Waals surface area contributed by atoms with Crippen LogP contribution in [0.15, 0.2) is 23.2 Å². The molecule has 0 nitrogen and oxygen atoms in total. The van der Waals surface area contributed by atoms with Gasteiger partial charge in [0.2, 0.25) is 0 Å². The van der Waals surface area contributed by atoms with Crippen molar-refractivity contribution in [1.82, 2.24) is 0 Å². The minimum atomic E-state index is 0.972. The highest BCUT2D eigenvalue weighted by molar-refractivity contribution is 6.22. The molecule has 0 heterocycles. The van der Waals surface area contributed by atoms with E-state index in [2.05, 4.69) is 13.0 Å². The Labute approximate surface area is 45.3 Å². The molecule has 0 bridgehead atoms. The molecule has 2 radical (unpaired) electrons. The molecule has 0 aromatic carbocycles. The second kappa shape index (κ2) is 1.57. The molecule has 1 aliphatic carbocycles. The molecule has 1 rings (SSSR count). The molecule has 0 spiro atoms. The molecular formula is C6H7B. The standard InChI is InChI=1S/C6H7B/c1-5-2-3-6(7)4-5/h2-3H,4H2,1H3. The van der Waals surface area contributed by atoms with Crippen molar-refractivity contribution in [3.8, 4) is 0 Å². The van der Waals surface area contributed by atoms with Crippen LogP contribution in [-0.4, -0.2) is 7.85 Å². The zero-order valence-corrected chi connectivity index (χ0v) is 4.44. The highest BCUT2D eigenvalue weighted by Crippen LogP contribution is 2.13. The highest BCUT2D eigenvalue weighted by Gasteiger charge is 1.95. The summed E-state index contributed by atoms with van der Waals surface area (Å²) in [5.74, 6) is 0. The van der Waals surface area contributed by atoms with Gasteiger partial charge in [-0.1, -0.05) is 17.7 Å². The Balaban J connectivity index is 2.61. The largest absolute Gasteiger partial charge is 0.114 e. The van der Waals surface area contributed by atoms with Gasteiger partial charge in [-0.05, 0) is 13.3 Å². The van der Waals surface area contributed by atoms with Crippen molar-refractivity contribution in [3.05, 3.63) is 23.2 Å². The predicted octanol–water partition coefficient (Wildman–Crippen LogP) is 1.39. The third-order valence-corrected chi connectivity index (χ3v) is 1.06. The van der Waals surface area contributed by atoms with Crippen LogP contribution in [0.5, 0.6) is 0 Å². The van der Waals surface area contributed by atoms with E-state index in [1.165, 1.54) is 5.57 Å². The lowest BCUT2D eigenvalue weighted by Crippen LogP contribution is -1.73. The van der Waals surface area contributed by atoms with E-state index < -0.39 is 0 Å². The minimum Gasteiger partial charge on any atom is -0.114 e. The molecule has 0 aromatic heterocycles. The Morgan fingerprint density at radius 1 is 1.57 bits per heavy atom. The Bertz CT molecular complexity index is 115. The van der Waals surface area contributed by atoms with Gasteiger partial charge in [-0.15, -0.1) is 5.47 Å². The fraction of sp³-hybridized carbons (Fsp3) is 0.333. The van der Waals surface area contributed by atoms with Crippen LogP contribution in [0, 0.1) is 0 Å². The zero-order chi connectivity index (χ0) is 5.28. The molecule has 0 amide bonds. The summed E-state index contributed by atoms with van der Waals surface area (Å²) in [5.41, 5.74) is 2.34. The van der Waals surface area contributed by atoms with E-state index in [0.29, 0.717) is 0 Å². The normalized spacial score (nSPS) is 19.0. The first-order chi connectivity index (χ1) is 3.29. The highest BCUT2D eigenvalue weighted by atomic mass is 14.0. The molecule has 0 fully saturated rings. The van der Waals surface area contributed by atoms with E-state index in [4.69, 9.17) is 7.85 Å². The molecular weight excluding hydrogens is 82.9 g/mol. The molecule has 0 atom stereocenters. The molecule has 0 saturated carbocycles. The Morgan fingerprint density at radius 2 is 2.29 bits per heavy atom. The van der Waals surface area contributed by atoms with Gasteiger partial charge in [-0.2, -0.15) is 0 Å². The van der Waals surface area contributed by atoms with Gasteiger partial charge in [0.25, 0.3) is 0 Å². The molecule has 0 aromatic rings. The van der Waals surface area contributed by atoms with E-state index in [-0.39, 0.29) is 0 Å². The van der Waals surface area contributed by atoms with Crippen LogP contribution in [0.2, 0.25) is 0 Å². The van der Waals surface area contributed by atoms with Gasteiger partial charge >= 0.3 is 0 Å². The summed E-state index contributed by atoms with van der Waals surface area (Å²) >= 11 is 0. The lowest BCUT2D eigenvalue weighted by atomic mass is 9.94. The lowest BCUT2D eigenvalue weighted by molar-refractivity contribution is 1.23. The number of hydrogen-bond acceptors (Lipinski definition) is 0. The fourth-order valence-electron chi connectivity index (χ4n) is 0.689. The van der Waals surface area contributed by atoms with Crippen molar-refractivity contribution >= 4 is 7.85 Å². The molecule has 7 heavy (non-hydrogen) atoms. The van der Waals surface area contributed by atoms with Crippen LogP contribution in [-0.2, 0) is 0 Å². The van der Waals surface area contributed by atoms with Crippen LogP contribution in [0.1, 0.15) is 13.3 Å². The summed E-state index contributed by atoms with van der Waals surface area (Å²) in [6.07, 6.45) is 4.98. The van der Waals surface area contributed by atoms with Crippen molar-refractivity contribution in [3.63, 3.8) is 0 Å². The number of hydrogen-bond donors (Lipinski definition) is 0. The summed E-state index contributed by atoms with van der Waals surface area (Å²) in [6, 6.07) is 0. The third-order valence-electron chi connectivity index (χ3n) is 1.06. The first kappa shape index (κ1) is 4.70. The second-order valence-corrected chi connectivity index (χ2v) is 1.93. The molecule has 0 aliphatic heterocycles. The van der Waals surface area contributed by atoms with Crippen molar-refractivity contribution in [2.75, 3.05) is 0 Å². The maximum atomic E-state index is 5.43. The Hall–Kier alpha value is -0.455. The van der Waals surface area contributed by atoms with Crippen molar-refractivity contribution in [2.45, 2.75) is 13.3 Å². The van der Waals surface area contributed by atoms with E-state index >= 15 is 0 Å². The smallest absolute Gasteiger partial charge is 0.108 e. The van der Waals surface area contributed by atoms with Gasteiger partial charge in [0.15, 0.2) is 0 Å². The number of rotatable bonds is 0. The maximum Gasteiger partial charge on any atom is 0.108 e. The molecule has 0 saturated heterocycles. The SMILES string of the molecule is [B]C1=CC=C(C)C1. The lowest BCUT2D eigenvalue weighted by Gasteiger charge is -1.87. The fourth-order valence-corrected chi connectivity index (χ4v) is 0.689. The topological polar surface area (TPSA) is 0 Å². The summed E-state index contributed by atoms with van der Waals surface area (Å²) in [5, 5.41) is 0. The van der Waals surface area contributed by atoms with Crippen LogP contribution in [0.25, 0.3) is 0 Å². The monoisotopic (exact) mass is 90.1 g/mol. The third kappa shape index (κ3) is 0.954. The van der Waals surface area contributed by atoms with E-state index in [1.54, 1.807) is 0 Å². The summed E-state index contributed by atoms with van der Waals surface area (Å²) in [7, 11) is 5.43. The Morgan fingerprint density at radius 3 is 2.43 bits per heavy atom. The summed E-state index contributed by atoms with van der Waals surface area (Å²) < 4.78 is 0. The van der Waals surface area contributed by atoms with Gasteiger partial charge in [0.05, 0.1) is 0 Å². The second-order valence-electron chi connectivity index (χ2n) is 1.93. The van der Waals surface area contributed by atoms with Crippen LogP contribution in [0.3, 0.4) is 0 Å². The molecule has 0 N–H and O–H groups in total. The molecule has 1 aliphatic rings.